The molecule has 2 rings (SSSR count). The molecule has 0 saturated heterocycles. The fourth-order valence-electron chi connectivity index (χ4n) is 1.42. The van der Waals surface area contributed by atoms with Crippen molar-refractivity contribution in [1.82, 2.24) is 9.97 Å². The molecule has 0 atom stereocenters. The molecular formula is C11H13N3O3. The molecule has 0 aliphatic heterocycles. The van der Waals surface area contributed by atoms with E-state index < -0.39 is 0 Å². The number of nitrogens with one attached hydrogen (secondary N) is 1. The van der Waals surface area contributed by atoms with E-state index in [1.807, 2.05) is 0 Å². The van der Waals surface area contributed by atoms with Gasteiger partial charge in [0.25, 0.3) is 11.6 Å². The highest BCUT2D eigenvalue weighted by Gasteiger charge is 2.04. The molecule has 17 heavy (non-hydrogen) atoms. The minimum absolute atomic E-state index is 0.185. The zero-order valence-corrected chi connectivity index (χ0v) is 9.40. The quantitative estimate of drug-likeness (QED) is 0.596. The summed E-state index contributed by atoms with van der Waals surface area (Å²) in [5.74, 6) is 0. The van der Waals surface area contributed by atoms with Crippen LogP contribution in [0.5, 0.6) is 6.01 Å². The zero-order chi connectivity index (χ0) is 12.3. The van der Waals surface area contributed by atoms with E-state index in [0.717, 1.165) is 0 Å². The number of hydrogen-bond acceptors (Lipinski definition) is 5. The van der Waals surface area contributed by atoms with E-state index in [2.05, 4.69) is 9.97 Å². The lowest BCUT2D eigenvalue weighted by Gasteiger charge is -2.05. The maximum absolute atomic E-state index is 11.7. The van der Waals surface area contributed by atoms with Gasteiger partial charge >= 0.3 is 0 Å². The van der Waals surface area contributed by atoms with Crippen molar-refractivity contribution in [3.8, 4) is 6.01 Å². The number of H-pyrrole nitrogens is 1. The molecular weight excluding hydrogens is 222 g/mol. The molecule has 1 aromatic carbocycles. The van der Waals surface area contributed by atoms with E-state index in [-0.39, 0.29) is 11.6 Å². The molecule has 1 heterocycles. The molecule has 6 nitrogen and oxygen atoms in total. The Morgan fingerprint density at radius 3 is 3.00 bits per heavy atom. The summed E-state index contributed by atoms with van der Waals surface area (Å²) in [5.41, 5.74) is 6.41. The van der Waals surface area contributed by atoms with Gasteiger partial charge in [-0.25, -0.2) is 0 Å². The first-order chi connectivity index (χ1) is 8.20. The summed E-state index contributed by atoms with van der Waals surface area (Å²) < 4.78 is 10.1. The van der Waals surface area contributed by atoms with Gasteiger partial charge in [0.2, 0.25) is 0 Å². The van der Waals surface area contributed by atoms with Gasteiger partial charge in [0.15, 0.2) is 0 Å². The second-order valence-electron chi connectivity index (χ2n) is 3.49. The van der Waals surface area contributed by atoms with Crippen LogP contribution in [0.25, 0.3) is 10.9 Å². The van der Waals surface area contributed by atoms with E-state index >= 15 is 0 Å². The number of rotatable bonds is 4. The number of aromatic nitrogens is 2. The number of nitrogens with two attached hydrogens (primary N) is 1. The third-order valence-corrected chi connectivity index (χ3v) is 2.23. The standard InChI is InChI=1S/C11H13N3O3/c1-16-4-5-17-11-13-9-3-2-7(12)6-8(9)10(15)14-11/h2-3,6H,4-5,12H2,1H3,(H,13,14,15). The molecule has 0 unspecified atom stereocenters. The van der Waals surface area contributed by atoms with Crippen molar-refractivity contribution in [2.24, 2.45) is 0 Å². The second-order valence-corrected chi connectivity index (χ2v) is 3.49. The van der Waals surface area contributed by atoms with E-state index in [4.69, 9.17) is 15.2 Å². The van der Waals surface area contributed by atoms with E-state index in [0.29, 0.717) is 29.8 Å². The summed E-state index contributed by atoms with van der Waals surface area (Å²) in [5, 5.41) is 0.448. The highest BCUT2D eigenvalue weighted by atomic mass is 16.5. The lowest BCUT2D eigenvalue weighted by atomic mass is 10.2. The van der Waals surface area contributed by atoms with Gasteiger partial charge in [0, 0.05) is 12.8 Å². The topological polar surface area (TPSA) is 90.2 Å². The fourth-order valence-corrected chi connectivity index (χ4v) is 1.42. The number of methoxy groups -OCH3 is 1. The molecule has 0 spiro atoms. The number of benzene rings is 1. The van der Waals surface area contributed by atoms with Crippen molar-refractivity contribution in [2.75, 3.05) is 26.1 Å². The number of nitrogens with zero attached hydrogens (tertiary/aromatic N) is 1. The number of aromatic amines is 1. The van der Waals surface area contributed by atoms with Crippen LogP contribution < -0.4 is 16.0 Å². The predicted molar refractivity (Wildman–Crippen MR) is 64.1 cm³/mol. The molecule has 0 bridgehead atoms. The highest BCUT2D eigenvalue weighted by Crippen LogP contribution is 2.13. The lowest BCUT2D eigenvalue weighted by Crippen LogP contribution is -2.13. The van der Waals surface area contributed by atoms with Crippen molar-refractivity contribution in [3.05, 3.63) is 28.6 Å². The number of anilines is 1. The van der Waals surface area contributed by atoms with Gasteiger partial charge in [-0.1, -0.05) is 0 Å². The number of fused-ring (bicyclic) bond motifs is 1. The second kappa shape index (κ2) is 4.84. The van der Waals surface area contributed by atoms with Crippen LogP contribution in [0, 0.1) is 0 Å². The van der Waals surface area contributed by atoms with Gasteiger partial charge in [0.05, 0.1) is 17.5 Å². The molecule has 2 aromatic rings. The first-order valence-electron chi connectivity index (χ1n) is 5.12. The van der Waals surface area contributed by atoms with Crippen LogP contribution in [0.3, 0.4) is 0 Å². The van der Waals surface area contributed by atoms with Gasteiger partial charge in [-0.05, 0) is 18.2 Å². The molecule has 0 aliphatic rings. The van der Waals surface area contributed by atoms with E-state index in [1.54, 1.807) is 25.3 Å². The zero-order valence-electron chi connectivity index (χ0n) is 9.40. The van der Waals surface area contributed by atoms with Crippen molar-refractivity contribution in [3.63, 3.8) is 0 Å². The molecule has 0 saturated carbocycles. The molecule has 90 valence electrons. The van der Waals surface area contributed by atoms with Crippen LogP contribution in [0.15, 0.2) is 23.0 Å². The molecule has 0 radical (unpaired) electrons. The number of ether oxygens (including phenoxy) is 2. The van der Waals surface area contributed by atoms with Crippen molar-refractivity contribution in [2.45, 2.75) is 0 Å². The van der Waals surface area contributed by atoms with Crippen LogP contribution in [0.4, 0.5) is 5.69 Å². The molecule has 6 heteroatoms. The Morgan fingerprint density at radius 1 is 1.41 bits per heavy atom. The molecule has 0 aliphatic carbocycles. The smallest absolute Gasteiger partial charge is 0.297 e. The molecule has 3 N–H and O–H groups in total. The van der Waals surface area contributed by atoms with Crippen LogP contribution in [0.2, 0.25) is 0 Å². The summed E-state index contributed by atoms with van der Waals surface area (Å²) in [6.45, 7) is 0.767. The first-order valence-corrected chi connectivity index (χ1v) is 5.12. The highest BCUT2D eigenvalue weighted by molar-refractivity contribution is 5.81. The van der Waals surface area contributed by atoms with Crippen LogP contribution >= 0.6 is 0 Å². The normalized spacial score (nSPS) is 10.6. The summed E-state index contributed by atoms with van der Waals surface area (Å²) in [4.78, 5) is 18.4. The first kappa shape index (κ1) is 11.4. The third kappa shape index (κ3) is 2.54. The van der Waals surface area contributed by atoms with E-state index in [1.165, 1.54) is 0 Å². The van der Waals surface area contributed by atoms with Gasteiger partial charge in [-0.2, -0.15) is 4.98 Å². The van der Waals surface area contributed by atoms with Gasteiger partial charge in [-0.3, -0.25) is 9.78 Å². The molecule has 0 fully saturated rings. The van der Waals surface area contributed by atoms with Crippen molar-refractivity contribution < 1.29 is 9.47 Å². The summed E-state index contributed by atoms with van der Waals surface area (Å²) in [7, 11) is 1.57. The summed E-state index contributed by atoms with van der Waals surface area (Å²) in [6.07, 6.45) is 0. The summed E-state index contributed by atoms with van der Waals surface area (Å²) in [6, 6.07) is 5.14. The minimum Gasteiger partial charge on any atom is -0.462 e. The van der Waals surface area contributed by atoms with Gasteiger partial charge < -0.3 is 15.2 Å². The van der Waals surface area contributed by atoms with E-state index in [9.17, 15) is 4.79 Å². The predicted octanol–water partition coefficient (Wildman–Crippen LogP) is 0.531. The van der Waals surface area contributed by atoms with Crippen LogP contribution in [0.1, 0.15) is 0 Å². The van der Waals surface area contributed by atoms with Gasteiger partial charge in [-0.15, -0.1) is 0 Å². The van der Waals surface area contributed by atoms with Crippen LogP contribution in [-0.4, -0.2) is 30.3 Å². The Morgan fingerprint density at radius 2 is 2.24 bits per heavy atom. The number of nitrogen functional groups attached to an aromatic ring is 1. The number of hydrogen-bond donors (Lipinski definition) is 2. The Balaban J connectivity index is 2.35. The van der Waals surface area contributed by atoms with Crippen molar-refractivity contribution in [1.29, 1.82) is 0 Å². The SMILES string of the molecule is COCCOc1nc2ccc(N)cc2c(=O)[nH]1. The Kier molecular flexibility index (Phi) is 3.24. The monoisotopic (exact) mass is 235 g/mol. The summed E-state index contributed by atoms with van der Waals surface area (Å²) >= 11 is 0. The van der Waals surface area contributed by atoms with Crippen LogP contribution in [-0.2, 0) is 4.74 Å². The average Bonchev–Trinajstić information content (AvgIpc) is 2.31. The fraction of sp³-hybridized carbons (Fsp3) is 0.273. The van der Waals surface area contributed by atoms with Gasteiger partial charge in [0.1, 0.15) is 6.61 Å². The maximum atomic E-state index is 11.7. The molecule has 1 aromatic heterocycles. The Bertz CT molecular complexity index is 580. The minimum atomic E-state index is -0.269. The Labute approximate surface area is 97.4 Å². The van der Waals surface area contributed by atoms with Crippen molar-refractivity contribution >= 4 is 16.6 Å². The third-order valence-electron chi connectivity index (χ3n) is 2.23. The lowest BCUT2D eigenvalue weighted by molar-refractivity contribution is 0.141. The largest absolute Gasteiger partial charge is 0.462 e. The molecule has 0 amide bonds. The Hall–Kier alpha value is -2.08. The average molecular weight is 235 g/mol. The maximum Gasteiger partial charge on any atom is 0.297 e.